The minimum absolute atomic E-state index is 0.194. The standard InChI is InChI=1S/C19H16O4/c1-12(2)16-11-18(20)23-17-10-14(8-9-15(16)17)22-19(21)13-6-4-3-5-7-13/h3-12H,1-2H3. The van der Waals surface area contributed by atoms with Crippen LogP contribution < -0.4 is 10.4 Å². The summed E-state index contributed by atoms with van der Waals surface area (Å²) in [5.74, 6) is 0.0852. The van der Waals surface area contributed by atoms with E-state index in [4.69, 9.17) is 9.15 Å². The SMILES string of the molecule is CC(C)c1cc(=O)oc2cc(OC(=O)c3ccccc3)ccc12. The fraction of sp³-hybridized carbons (Fsp3) is 0.158. The Kier molecular flexibility index (Phi) is 3.98. The molecule has 0 saturated heterocycles. The summed E-state index contributed by atoms with van der Waals surface area (Å²) in [4.78, 5) is 23.8. The van der Waals surface area contributed by atoms with Crippen molar-refractivity contribution in [1.29, 1.82) is 0 Å². The first kappa shape index (κ1) is 15.0. The molecule has 23 heavy (non-hydrogen) atoms. The normalized spacial score (nSPS) is 10.9. The molecule has 0 aliphatic heterocycles. The lowest BCUT2D eigenvalue weighted by molar-refractivity contribution is 0.0735. The maximum atomic E-state index is 12.1. The van der Waals surface area contributed by atoms with Crippen molar-refractivity contribution >= 4 is 16.9 Å². The van der Waals surface area contributed by atoms with Crippen molar-refractivity contribution in [2.45, 2.75) is 19.8 Å². The summed E-state index contributed by atoms with van der Waals surface area (Å²) in [5, 5.41) is 0.846. The lowest BCUT2D eigenvalue weighted by atomic mass is 10.00. The third kappa shape index (κ3) is 3.16. The molecule has 3 rings (SSSR count). The zero-order valence-corrected chi connectivity index (χ0v) is 12.9. The Balaban J connectivity index is 1.98. The number of rotatable bonds is 3. The van der Waals surface area contributed by atoms with Crippen LogP contribution in [0.4, 0.5) is 0 Å². The molecule has 3 aromatic rings. The van der Waals surface area contributed by atoms with Crippen molar-refractivity contribution < 1.29 is 13.9 Å². The van der Waals surface area contributed by atoms with E-state index in [0.29, 0.717) is 16.9 Å². The van der Waals surface area contributed by atoms with Crippen LogP contribution in [0.3, 0.4) is 0 Å². The zero-order chi connectivity index (χ0) is 16.4. The number of hydrogen-bond donors (Lipinski definition) is 0. The lowest BCUT2D eigenvalue weighted by Gasteiger charge is -2.10. The molecule has 0 spiro atoms. The molecule has 2 aromatic carbocycles. The van der Waals surface area contributed by atoms with Gasteiger partial charge in [-0.05, 0) is 35.7 Å². The monoisotopic (exact) mass is 308 g/mol. The van der Waals surface area contributed by atoms with Crippen molar-refractivity contribution in [3.8, 4) is 5.75 Å². The molecule has 1 aromatic heterocycles. The van der Waals surface area contributed by atoms with Crippen LogP contribution in [0, 0.1) is 0 Å². The van der Waals surface area contributed by atoms with Gasteiger partial charge in [0.15, 0.2) is 0 Å². The summed E-state index contributed by atoms with van der Waals surface area (Å²) in [7, 11) is 0. The highest BCUT2D eigenvalue weighted by Crippen LogP contribution is 2.27. The average molecular weight is 308 g/mol. The molecule has 1 heterocycles. The highest BCUT2D eigenvalue weighted by molar-refractivity contribution is 5.91. The van der Waals surface area contributed by atoms with Gasteiger partial charge in [-0.15, -0.1) is 0 Å². The van der Waals surface area contributed by atoms with Crippen molar-refractivity contribution in [2.75, 3.05) is 0 Å². The summed E-state index contributed by atoms with van der Waals surface area (Å²) in [6.45, 7) is 4.02. The molecule has 0 saturated carbocycles. The van der Waals surface area contributed by atoms with E-state index < -0.39 is 11.6 Å². The summed E-state index contributed by atoms with van der Waals surface area (Å²) < 4.78 is 10.6. The first-order chi connectivity index (χ1) is 11.0. The van der Waals surface area contributed by atoms with Crippen molar-refractivity contribution in [1.82, 2.24) is 0 Å². The van der Waals surface area contributed by atoms with Crippen LogP contribution in [0.15, 0.2) is 63.8 Å². The van der Waals surface area contributed by atoms with Crippen LogP contribution in [0.5, 0.6) is 5.75 Å². The molecule has 0 aliphatic rings. The minimum Gasteiger partial charge on any atom is -0.423 e. The van der Waals surface area contributed by atoms with E-state index in [1.165, 1.54) is 6.07 Å². The number of ether oxygens (including phenoxy) is 1. The van der Waals surface area contributed by atoms with Gasteiger partial charge < -0.3 is 9.15 Å². The third-order valence-corrected chi connectivity index (χ3v) is 3.59. The number of esters is 1. The van der Waals surface area contributed by atoms with E-state index in [2.05, 4.69) is 0 Å². The molecule has 0 bridgehead atoms. The summed E-state index contributed by atoms with van der Waals surface area (Å²) in [6.07, 6.45) is 0. The summed E-state index contributed by atoms with van der Waals surface area (Å²) in [5.41, 5.74) is 1.38. The first-order valence-corrected chi connectivity index (χ1v) is 7.39. The predicted molar refractivity (Wildman–Crippen MR) is 88.0 cm³/mol. The van der Waals surface area contributed by atoms with Crippen LogP contribution in [0.25, 0.3) is 11.0 Å². The second-order valence-electron chi connectivity index (χ2n) is 5.59. The maximum absolute atomic E-state index is 12.1. The van der Waals surface area contributed by atoms with E-state index in [-0.39, 0.29) is 5.92 Å². The second-order valence-corrected chi connectivity index (χ2v) is 5.59. The Morgan fingerprint density at radius 1 is 1.04 bits per heavy atom. The summed E-state index contributed by atoms with van der Waals surface area (Å²) in [6, 6.07) is 15.3. The van der Waals surface area contributed by atoms with Gasteiger partial charge in [0, 0.05) is 17.5 Å². The number of hydrogen-bond acceptors (Lipinski definition) is 4. The van der Waals surface area contributed by atoms with Crippen molar-refractivity contribution in [3.05, 3.63) is 76.1 Å². The van der Waals surface area contributed by atoms with Crippen LogP contribution in [-0.4, -0.2) is 5.97 Å². The van der Waals surface area contributed by atoms with E-state index in [1.54, 1.807) is 42.5 Å². The molecule has 0 radical (unpaired) electrons. The fourth-order valence-electron chi connectivity index (χ4n) is 2.45. The third-order valence-electron chi connectivity index (χ3n) is 3.59. The average Bonchev–Trinajstić information content (AvgIpc) is 2.54. The van der Waals surface area contributed by atoms with Gasteiger partial charge in [0.1, 0.15) is 11.3 Å². The topological polar surface area (TPSA) is 56.5 Å². The Morgan fingerprint density at radius 3 is 2.48 bits per heavy atom. The first-order valence-electron chi connectivity index (χ1n) is 7.39. The quantitative estimate of drug-likeness (QED) is 0.414. The van der Waals surface area contributed by atoms with E-state index in [0.717, 1.165) is 10.9 Å². The maximum Gasteiger partial charge on any atom is 0.343 e. The van der Waals surface area contributed by atoms with Crippen molar-refractivity contribution in [3.63, 3.8) is 0 Å². The van der Waals surface area contributed by atoms with Crippen molar-refractivity contribution in [2.24, 2.45) is 0 Å². The number of benzene rings is 2. The smallest absolute Gasteiger partial charge is 0.343 e. The number of fused-ring (bicyclic) bond motifs is 1. The van der Waals surface area contributed by atoms with Crippen LogP contribution in [-0.2, 0) is 0 Å². The van der Waals surface area contributed by atoms with E-state index >= 15 is 0 Å². The molecule has 4 nitrogen and oxygen atoms in total. The molecular weight excluding hydrogens is 292 g/mol. The lowest BCUT2D eigenvalue weighted by Crippen LogP contribution is -2.08. The van der Waals surface area contributed by atoms with Gasteiger partial charge in [-0.2, -0.15) is 0 Å². The van der Waals surface area contributed by atoms with E-state index in [1.807, 2.05) is 19.9 Å². The molecule has 0 amide bonds. The van der Waals surface area contributed by atoms with Crippen LogP contribution in [0.2, 0.25) is 0 Å². The van der Waals surface area contributed by atoms with E-state index in [9.17, 15) is 9.59 Å². The largest absolute Gasteiger partial charge is 0.423 e. The molecule has 4 heteroatoms. The van der Waals surface area contributed by atoms with Gasteiger partial charge >= 0.3 is 11.6 Å². The predicted octanol–water partition coefficient (Wildman–Crippen LogP) is 4.14. The Bertz CT molecular complexity index is 908. The molecule has 116 valence electrons. The van der Waals surface area contributed by atoms with Crippen LogP contribution >= 0.6 is 0 Å². The van der Waals surface area contributed by atoms with Gasteiger partial charge in [0.05, 0.1) is 5.56 Å². The summed E-state index contributed by atoms with van der Waals surface area (Å²) >= 11 is 0. The minimum atomic E-state index is -0.452. The Morgan fingerprint density at radius 2 is 1.78 bits per heavy atom. The zero-order valence-electron chi connectivity index (χ0n) is 12.9. The number of carbonyl (C=O) groups excluding carboxylic acids is 1. The molecular formula is C19H16O4. The van der Waals surface area contributed by atoms with Gasteiger partial charge in [0.25, 0.3) is 0 Å². The number of carbonyl (C=O) groups is 1. The van der Waals surface area contributed by atoms with Gasteiger partial charge in [-0.1, -0.05) is 32.0 Å². The molecule has 0 N–H and O–H groups in total. The Labute approximate surface area is 133 Å². The van der Waals surface area contributed by atoms with Gasteiger partial charge in [-0.3, -0.25) is 0 Å². The molecule has 0 atom stereocenters. The second kappa shape index (κ2) is 6.08. The molecule has 0 aliphatic carbocycles. The highest BCUT2D eigenvalue weighted by Gasteiger charge is 2.12. The molecule has 0 fully saturated rings. The van der Waals surface area contributed by atoms with Gasteiger partial charge in [0.2, 0.25) is 0 Å². The highest BCUT2D eigenvalue weighted by atomic mass is 16.5. The Hall–Kier alpha value is -2.88. The van der Waals surface area contributed by atoms with Crippen LogP contribution in [0.1, 0.15) is 35.7 Å². The molecule has 0 unspecified atom stereocenters. The van der Waals surface area contributed by atoms with Gasteiger partial charge in [-0.25, -0.2) is 9.59 Å². The fourth-order valence-corrected chi connectivity index (χ4v) is 2.45.